The smallest absolute Gasteiger partial charge is 0.408 e. The van der Waals surface area contributed by atoms with Crippen LogP contribution in [0.2, 0.25) is 0 Å². The van der Waals surface area contributed by atoms with Crippen molar-refractivity contribution >= 4 is 17.9 Å². The molecule has 2 atom stereocenters. The molecule has 0 aliphatic rings. The molecule has 0 aromatic heterocycles. The van der Waals surface area contributed by atoms with Crippen molar-refractivity contribution in [3.05, 3.63) is 76.5 Å². The fraction of sp³-hybridized carbons (Fsp3) is 0.379. The number of allylic oxidation sites excluding steroid dienone is 1. The number of hydrogen-bond donors (Lipinski definition) is 4. The summed E-state index contributed by atoms with van der Waals surface area (Å²) in [4.78, 5) is 38.2. The number of rotatable bonds is 9. The van der Waals surface area contributed by atoms with E-state index in [0.29, 0.717) is 12.0 Å². The number of phenols is 1. The first-order valence-electron chi connectivity index (χ1n) is 12.3. The number of hydrogen-bond acceptors (Lipinski definition) is 6. The van der Waals surface area contributed by atoms with Gasteiger partial charge in [0.05, 0.1) is 11.6 Å². The van der Waals surface area contributed by atoms with E-state index in [-0.39, 0.29) is 12.2 Å². The van der Waals surface area contributed by atoms with Gasteiger partial charge in [0, 0.05) is 12.6 Å². The van der Waals surface area contributed by atoms with E-state index in [9.17, 15) is 19.5 Å². The van der Waals surface area contributed by atoms with E-state index in [1.807, 2.05) is 26.0 Å². The van der Waals surface area contributed by atoms with Crippen molar-refractivity contribution in [2.75, 3.05) is 0 Å². The molecule has 38 heavy (non-hydrogen) atoms. The molecule has 0 aliphatic heterocycles. The molecule has 202 valence electrons. The Morgan fingerprint density at radius 3 is 2.21 bits per heavy atom. The minimum Gasteiger partial charge on any atom is -0.508 e. The standard InChI is InChI=1S/C29H36N4O5/c1-18-14-23(34)15-19(2)24(18)16-25(33-28(37)38-29(4,5)6)27(36)32-20(3)26(35)31-13-7-8-21-9-11-22(17-30)12-10-21/h7,9-15,20,25,34H,8,16H2,1-6H3,(H,31,35)(H,32,36)(H,33,37)/b13-7+/t20-,25+/m1/s1. The zero-order valence-electron chi connectivity index (χ0n) is 22.7. The number of benzene rings is 2. The maximum absolute atomic E-state index is 13.2. The number of carbonyl (C=O) groups excluding carboxylic acids is 3. The number of phenolic OH excluding ortho intramolecular Hbond substituents is 1. The Morgan fingerprint density at radius 2 is 1.66 bits per heavy atom. The first-order valence-corrected chi connectivity index (χ1v) is 12.3. The van der Waals surface area contributed by atoms with Gasteiger partial charge in [-0.15, -0.1) is 0 Å². The van der Waals surface area contributed by atoms with Crippen LogP contribution in [0.25, 0.3) is 0 Å². The highest BCUT2D eigenvalue weighted by Crippen LogP contribution is 2.22. The Kier molecular flexibility index (Phi) is 10.5. The molecule has 2 aromatic carbocycles. The van der Waals surface area contributed by atoms with Crippen LogP contribution < -0.4 is 16.0 Å². The number of aryl methyl sites for hydroxylation is 2. The van der Waals surface area contributed by atoms with Crippen LogP contribution in [-0.4, -0.2) is 40.7 Å². The van der Waals surface area contributed by atoms with Gasteiger partial charge in [-0.1, -0.05) is 18.2 Å². The quantitative estimate of drug-likeness (QED) is 0.397. The van der Waals surface area contributed by atoms with Gasteiger partial charge in [0.1, 0.15) is 23.4 Å². The largest absolute Gasteiger partial charge is 0.508 e. The number of aromatic hydroxyl groups is 1. The second-order valence-corrected chi connectivity index (χ2v) is 10.1. The zero-order chi connectivity index (χ0) is 28.5. The fourth-order valence-electron chi connectivity index (χ4n) is 3.71. The molecule has 9 heteroatoms. The average molecular weight is 521 g/mol. The number of nitrogens with zero attached hydrogens (tertiary/aromatic N) is 1. The zero-order valence-corrected chi connectivity index (χ0v) is 22.7. The van der Waals surface area contributed by atoms with Crippen LogP contribution in [0.5, 0.6) is 5.75 Å². The number of nitrogens with one attached hydrogen (secondary N) is 3. The van der Waals surface area contributed by atoms with Gasteiger partial charge in [0.2, 0.25) is 11.8 Å². The highest BCUT2D eigenvalue weighted by molar-refractivity contribution is 5.91. The minimum atomic E-state index is -1.02. The van der Waals surface area contributed by atoms with Gasteiger partial charge in [0.25, 0.3) is 0 Å². The Hall–Kier alpha value is -4.32. The van der Waals surface area contributed by atoms with Crippen molar-refractivity contribution in [3.8, 4) is 11.8 Å². The molecular formula is C29H36N4O5. The number of nitriles is 1. The minimum absolute atomic E-state index is 0.113. The molecule has 0 heterocycles. The maximum atomic E-state index is 13.2. The summed E-state index contributed by atoms with van der Waals surface area (Å²) >= 11 is 0. The van der Waals surface area contributed by atoms with Gasteiger partial charge in [0.15, 0.2) is 0 Å². The predicted octanol–water partition coefficient (Wildman–Crippen LogP) is 3.69. The van der Waals surface area contributed by atoms with Gasteiger partial charge in [-0.25, -0.2) is 4.79 Å². The molecule has 2 rings (SSSR count). The van der Waals surface area contributed by atoms with Crippen LogP contribution in [0.4, 0.5) is 4.79 Å². The van der Waals surface area contributed by atoms with Crippen molar-refractivity contribution in [1.82, 2.24) is 16.0 Å². The molecule has 0 bridgehead atoms. The predicted molar refractivity (Wildman–Crippen MR) is 144 cm³/mol. The van der Waals surface area contributed by atoms with Crippen molar-refractivity contribution in [3.63, 3.8) is 0 Å². The van der Waals surface area contributed by atoms with Crippen LogP contribution >= 0.6 is 0 Å². The van der Waals surface area contributed by atoms with Gasteiger partial charge < -0.3 is 25.8 Å². The highest BCUT2D eigenvalue weighted by Gasteiger charge is 2.28. The SMILES string of the molecule is Cc1cc(O)cc(C)c1C[C@H](NC(=O)OC(C)(C)C)C(=O)N[C@H](C)C(=O)N/C=C/Cc1ccc(C#N)cc1. The molecule has 0 radical (unpaired) electrons. The monoisotopic (exact) mass is 520 g/mol. The third kappa shape index (κ3) is 9.62. The molecule has 0 spiro atoms. The Balaban J connectivity index is 2.05. The van der Waals surface area contributed by atoms with Crippen LogP contribution in [0.1, 0.15) is 55.5 Å². The number of amides is 3. The lowest BCUT2D eigenvalue weighted by molar-refractivity contribution is -0.129. The van der Waals surface area contributed by atoms with Crippen LogP contribution in [0, 0.1) is 25.2 Å². The molecule has 9 nitrogen and oxygen atoms in total. The van der Waals surface area contributed by atoms with Crippen molar-refractivity contribution in [1.29, 1.82) is 5.26 Å². The Bertz CT molecular complexity index is 1200. The summed E-state index contributed by atoms with van der Waals surface area (Å²) in [5.41, 5.74) is 3.13. The second-order valence-electron chi connectivity index (χ2n) is 10.1. The highest BCUT2D eigenvalue weighted by atomic mass is 16.6. The van der Waals surface area contributed by atoms with Crippen LogP contribution in [0.3, 0.4) is 0 Å². The molecule has 2 aromatic rings. The summed E-state index contributed by atoms with van der Waals surface area (Å²) in [5.74, 6) is -0.864. The number of ether oxygens (including phenoxy) is 1. The van der Waals surface area contributed by atoms with Crippen molar-refractivity contribution in [2.24, 2.45) is 0 Å². The van der Waals surface area contributed by atoms with E-state index >= 15 is 0 Å². The maximum Gasteiger partial charge on any atom is 0.408 e. The van der Waals surface area contributed by atoms with Gasteiger partial charge in [-0.2, -0.15) is 5.26 Å². The molecule has 0 saturated carbocycles. The summed E-state index contributed by atoms with van der Waals surface area (Å²) in [7, 11) is 0. The lowest BCUT2D eigenvalue weighted by Gasteiger charge is -2.25. The molecule has 0 fully saturated rings. The van der Waals surface area contributed by atoms with Crippen molar-refractivity contribution < 1.29 is 24.2 Å². The summed E-state index contributed by atoms with van der Waals surface area (Å²) in [5, 5.41) is 26.6. The van der Waals surface area contributed by atoms with E-state index in [4.69, 9.17) is 10.00 Å². The summed E-state index contributed by atoms with van der Waals surface area (Å²) in [6, 6.07) is 10.5. The van der Waals surface area contributed by atoms with Gasteiger partial charge in [-0.3, -0.25) is 9.59 Å². The number of alkyl carbamates (subject to hydrolysis) is 1. The normalized spacial score (nSPS) is 12.8. The summed E-state index contributed by atoms with van der Waals surface area (Å²) in [6.45, 7) is 10.3. The van der Waals surface area contributed by atoms with E-state index in [1.165, 1.54) is 6.20 Å². The topological polar surface area (TPSA) is 141 Å². The van der Waals surface area contributed by atoms with Crippen LogP contribution in [0.15, 0.2) is 48.7 Å². The van der Waals surface area contributed by atoms with E-state index in [0.717, 1.165) is 22.3 Å². The fourth-order valence-corrected chi connectivity index (χ4v) is 3.71. The molecule has 3 amide bonds. The van der Waals surface area contributed by atoms with E-state index < -0.39 is 35.6 Å². The second kappa shape index (κ2) is 13.3. The molecule has 4 N–H and O–H groups in total. The third-order valence-electron chi connectivity index (χ3n) is 5.63. The number of carbonyl (C=O) groups is 3. The van der Waals surface area contributed by atoms with Gasteiger partial charge >= 0.3 is 6.09 Å². The summed E-state index contributed by atoms with van der Waals surface area (Å²) in [6.07, 6.45) is 3.20. The molecular weight excluding hydrogens is 484 g/mol. The Labute approximate surface area is 223 Å². The first kappa shape index (κ1) is 29.9. The molecule has 0 saturated heterocycles. The van der Waals surface area contributed by atoms with Crippen LogP contribution in [-0.2, 0) is 27.2 Å². The van der Waals surface area contributed by atoms with E-state index in [2.05, 4.69) is 22.0 Å². The first-order chi connectivity index (χ1) is 17.8. The van der Waals surface area contributed by atoms with Crippen molar-refractivity contribution in [2.45, 2.75) is 72.1 Å². The average Bonchev–Trinajstić information content (AvgIpc) is 2.82. The lowest BCUT2D eigenvalue weighted by atomic mass is 9.95. The van der Waals surface area contributed by atoms with E-state index in [1.54, 1.807) is 58.0 Å². The Morgan fingerprint density at radius 1 is 1.05 bits per heavy atom. The van der Waals surface area contributed by atoms with Gasteiger partial charge in [-0.05, 0) is 94.5 Å². The summed E-state index contributed by atoms with van der Waals surface area (Å²) < 4.78 is 5.33. The molecule has 0 unspecified atom stereocenters. The lowest BCUT2D eigenvalue weighted by Crippen LogP contribution is -2.53. The molecule has 0 aliphatic carbocycles. The third-order valence-corrected chi connectivity index (χ3v) is 5.63.